The average molecular weight is 254 g/mol. The molecule has 0 aliphatic rings. The van der Waals surface area contributed by atoms with Crippen molar-refractivity contribution in [3.8, 4) is 0 Å². The molecule has 1 atom stereocenters. The van der Waals surface area contributed by atoms with Crippen LogP contribution in [0, 0.1) is 16.4 Å². The quantitative estimate of drug-likeness (QED) is 0.645. The minimum absolute atomic E-state index is 0.0648. The van der Waals surface area contributed by atoms with E-state index < -0.39 is 11.6 Å². The summed E-state index contributed by atoms with van der Waals surface area (Å²) in [6, 6.07) is 2.51. The highest BCUT2D eigenvalue weighted by molar-refractivity contribution is 7.71. The molecule has 0 bridgehead atoms. The summed E-state index contributed by atoms with van der Waals surface area (Å²) in [6.45, 7) is 5.52. The lowest BCUT2D eigenvalue weighted by molar-refractivity contribution is 0.500. The Morgan fingerprint density at radius 3 is 2.88 bits per heavy atom. The molecule has 2 aromatic rings. The number of benzene rings is 1. The number of halogens is 2. The van der Waals surface area contributed by atoms with Gasteiger partial charge in [-0.25, -0.2) is 8.78 Å². The van der Waals surface area contributed by atoms with Crippen LogP contribution in [0.2, 0.25) is 0 Å². The fraction of sp³-hybridized carbons (Fsp3) is 0.250. The predicted molar refractivity (Wildman–Crippen MR) is 66.6 cm³/mol. The van der Waals surface area contributed by atoms with Gasteiger partial charge in [-0.15, -0.1) is 6.58 Å². The molecule has 0 radical (unpaired) electrons. The number of aromatic nitrogens is 2. The summed E-state index contributed by atoms with van der Waals surface area (Å²) in [5.74, 6) is -1.74. The average Bonchev–Trinajstić information content (AvgIpc) is 2.61. The maximum absolute atomic E-state index is 13.8. The summed E-state index contributed by atoms with van der Waals surface area (Å²) < 4.78 is 29.0. The van der Waals surface area contributed by atoms with Crippen LogP contribution in [0.15, 0.2) is 24.8 Å². The normalized spacial score (nSPS) is 12.9. The molecule has 90 valence electrons. The number of H-pyrrole nitrogens is 1. The van der Waals surface area contributed by atoms with E-state index in [4.69, 9.17) is 12.2 Å². The molecule has 2 rings (SSSR count). The Morgan fingerprint density at radius 1 is 1.53 bits per heavy atom. The molecule has 1 aromatic carbocycles. The van der Waals surface area contributed by atoms with Gasteiger partial charge >= 0.3 is 0 Å². The minimum atomic E-state index is -0.870. The van der Waals surface area contributed by atoms with Crippen LogP contribution in [0.5, 0.6) is 0 Å². The maximum atomic E-state index is 13.8. The molecule has 5 heteroatoms. The van der Waals surface area contributed by atoms with Crippen molar-refractivity contribution in [1.29, 1.82) is 0 Å². The summed E-state index contributed by atoms with van der Waals surface area (Å²) >= 11 is 5.13. The van der Waals surface area contributed by atoms with Crippen LogP contribution in [0.1, 0.15) is 19.4 Å². The van der Waals surface area contributed by atoms with Gasteiger partial charge in [-0.3, -0.25) is 0 Å². The summed E-state index contributed by atoms with van der Waals surface area (Å²) in [5.41, 5.74) is 0.689. The molecule has 0 saturated heterocycles. The maximum Gasteiger partial charge on any atom is 0.184 e. The molecule has 17 heavy (non-hydrogen) atoms. The molecule has 2 nitrogen and oxygen atoms in total. The summed E-state index contributed by atoms with van der Waals surface area (Å²) in [5, 5.41) is 0. The van der Waals surface area contributed by atoms with E-state index in [0.29, 0.717) is 16.7 Å². The molecule has 1 aromatic heterocycles. The first-order chi connectivity index (χ1) is 8.06. The first kappa shape index (κ1) is 12.0. The van der Waals surface area contributed by atoms with Crippen molar-refractivity contribution in [2.24, 2.45) is 0 Å². The zero-order chi connectivity index (χ0) is 12.6. The standard InChI is InChI=1S/C12H12F2N2S/c1-3-4-7(2)16-11-9(15-12(16)17)6-5-8(13)10(11)14/h3,5-7H,1,4H2,2H3,(H,15,17). The minimum Gasteiger partial charge on any atom is -0.330 e. The van der Waals surface area contributed by atoms with E-state index in [9.17, 15) is 8.78 Å². The lowest BCUT2D eigenvalue weighted by Crippen LogP contribution is -2.05. The van der Waals surface area contributed by atoms with E-state index in [0.717, 1.165) is 6.07 Å². The molecule has 0 saturated carbocycles. The van der Waals surface area contributed by atoms with Gasteiger partial charge in [0, 0.05) is 6.04 Å². The first-order valence-corrected chi connectivity index (χ1v) is 5.66. The fourth-order valence-electron chi connectivity index (χ4n) is 1.92. The third-order valence-electron chi connectivity index (χ3n) is 2.72. The van der Waals surface area contributed by atoms with Crippen molar-refractivity contribution in [2.75, 3.05) is 0 Å². The van der Waals surface area contributed by atoms with Crippen molar-refractivity contribution < 1.29 is 8.78 Å². The molecule has 0 spiro atoms. The number of hydrogen-bond donors (Lipinski definition) is 1. The van der Waals surface area contributed by atoms with Crippen LogP contribution in [-0.4, -0.2) is 9.55 Å². The monoisotopic (exact) mass is 254 g/mol. The topological polar surface area (TPSA) is 20.7 Å². The van der Waals surface area contributed by atoms with E-state index in [2.05, 4.69) is 11.6 Å². The van der Waals surface area contributed by atoms with Crippen molar-refractivity contribution in [2.45, 2.75) is 19.4 Å². The molecule has 0 fully saturated rings. The second kappa shape index (κ2) is 4.41. The number of imidazole rings is 1. The Bertz CT molecular complexity index is 627. The number of fused-ring (bicyclic) bond motifs is 1. The third kappa shape index (κ3) is 1.91. The van der Waals surface area contributed by atoms with Crippen molar-refractivity contribution >= 4 is 23.3 Å². The zero-order valence-corrected chi connectivity index (χ0v) is 10.2. The van der Waals surface area contributed by atoms with Gasteiger partial charge in [0.2, 0.25) is 0 Å². The number of nitrogens with one attached hydrogen (secondary N) is 1. The van der Waals surface area contributed by atoms with Crippen LogP contribution in [0.3, 0.4) is 0 Å². The second-order valence-electron chi connectivity index (χ2n) is 3.93. The molecule has 0 amide bonds. The highest BCUT2D eigenvalue weighted by atomic mass is 32.1. The highest BCUT2D eigenvalue weighted by Crippen LogP contribution is 2.25. The Balaban J connectivity index is 2.77. The van der Waals surface area contributed by atoms with Gasteiger partial charge in [0.05, 0.1) is 5.52 Å². The van der Waals surface area contributed by atoms with E-state index >= 15 is 0 Å². The number of hydrogen-bond acceptors (Lipinski definition) is 1. The fourth-order valence-corrected chi connectivity index (χ4v) is 2.30. The molecule has 1 N–H and O–H groups in total. The molecule has 1 heterocycles. The van der Waals surface area contributed by atoms with Crippen molar-refractivity contribution in [1.82, 2.24) is 9.55 Å². The van der Waals surface area contributed by atoms with E-state index in [1.807, 2.05) is 6.92 Å². The summed E-state index contributed by atoms with van der Waals surface area (Å²) in [7, 11) is 0. The van der Waals surface area contributed by atoms with Gasteiger partial charge in [-0.1, -0.05) is 6.08 Å². The van der Waals surface area contributed by atoms with E-state index in [1.165, 1.54) is 6.07 Å². The zero-order valence-electron chi connectivity index (χ0n) is 9.34. The van der Waals surface area contributed by atoms with Gasteiger partial charge in [-0.05, 0) is 37.7 Å². The molecule has 0 aliphatic heterocycles. The van der Waals surface area contributed by atoms with Gasteiger partial charge in [0.1, 0.15) is 5.52 Å². The largest absolute Gasteiger partial charge is 0.330 e. The summed E-state index contributed by atoms with van der Waals surface area (Å²) in [6.07, 6.45) is 2.36. The lowest BCUT2D eigenvalue weighted by Gasteiger charge is -2.12. The van der Waals surface area contributed by atoms with Gasteiger partial charge in [0.25, 0.3) is 0 Å². The number of aromatic amines is 1. The van der Waals surface area contributed by atoms with Crippen molar-refractivity contribution in [3.05, 3.63) is 41.2 Å². The van der Waals surface area contributed by atoms with Gasteiger partial charge in [0.15, 0.2) is 16.4 Å². The van der Waals surface area contributed by atoms with Crippen LogP contribution < -0.4 is 0 Å². The van der Waals surface area contributed by atoms with Crippen LogP contribution in [0.4, 0.5) is 8.78 Å². The molecule has 1 unspecified atom stereocenters. The van der Waals surface area contributed by atoms with Gasteiger partial charge < -0.3 is 9.55 Å². The van der Waals surface area contributed by atoms with Crippen LogP contribution >= 0.6 is 12.2 Å². The predicted octanol–water partition coefficient (Wildman–Crippen LogP) is 4.11. The first-order valence-electron chi connectivity index (χ1n) is 5.25. The molecule has 0 aliphatic carbocycles. The molecular formula is C12H12F2N2S. The Kier molecular flexibility index (Phi) is 3.11. The van der Waals surface area contributed by atoms with Crippen LogP contribution in [-0.2, 0) is 0 Å². The molecular weight excluding hydrogens is 242 g/mol. The smallest absolute Gasteiger partial charge is 0.184 e. The van der Waals surface area contributed by atoms with Gasteiger partial charge in [-0.2, -0.15) is 0 Å². The Labute approximate surface area is 103 Å². The Morgan fingerprint density at radius 2 is 2.24 bits per heavy atom. The second-order valence-corrected chi connectivity index (χ2v) is 4.32. The SMILES string of the molecule is C=CCC(C)n1c(=S)[nH]c2ccc(F)c(F)c21. The van der Waals surface area contributed by atoms with Crippen LogP contribution in [0.25, 0.3) is 11.0 Å². The third-order valence-corrected chi connectivity index (χ3v) is 3.02. The van der Waals surface area contributed by atoms with E-state index in [1.54, 1.807) is 10.6 Å². The Hall–Kier alpha value is -1.49. The number of nitrogens with zero attached hydrogens (tertiary/aromatic N) is 1. The lowest BCUT2D eigenvalue weighted by atomic mass is 10.2. The highest BCUT2D eigenvalue weighted by Gasteiger charge is 2.16. The number of allylic oxidation sites excluding steroid dienone is 1. The number of rotatable bonds is 3. The van der Waals surface area contributed by atoms with Crippen molar-refractivity contribution in [3.63, 3.8) is 0 Å². The van der Waals surface area contributed by atoms with E-state index in [-0.39, 0.29) is 11.6 Å². The summed E-state index contributed by atoms with van der Waals surface area (Å²) in [4.78, 5) is 2.87.